The molecule has 1 saturated heterocycles. The summed E-state index contributed by atoms with van der Waals surface area (Å²) in [6.45, 7) is 7.96. The van der Waals surface area contributed by atoms with E-state index in [1.807, 2.05) is 6.08 Å². The van der Waals surface area contributed by atoms with Gasteiger partial charge in [-0.25, -0.2) is 0 Å². The molecule has 1 heterocycles. The molecule has 0 bridgehead atoms. The van der Waals surface area contributed by atoms with E-state index in [-0.39, 0.29) is 5.54 Å². The van der Waals surface area contributed by atoms with Gasteiger partial charge in [-0.15, -0.1) is 6.58 Å². The van der Waals surface area contributed by atoms with Gasteiger partial charge < -0.3 is 0 Å². The zero-order valence-electron chi connectivity index (χ0n) is 7.01. The summed E-state index contributed by atoms with van der Waals surface area (Å²) < 4.78 is 0. The van der Waals surface area contributed by atoms with Crippen LogP contribution in [-0.4, -0.2) is 23.5 Å². The Hall–Kier alpha value is -0.810. The molecule has 0 N–H and O–H groups in total. The van der Waals surface area contributed by atoms with E-state index in [2.05, 4.69) is 24.5 Å². The van der Waals surface area contributed by atoms with Crippen LogP contribution < -0.4 is 0 Å². The SMILES string of the molecule is C=CC1(C)CCN1CCC#N. The van der Waals surface area contributed by atoms with Crippen molar-refractivity contribution in [2.75, 3.05) is 13.1 Å². The zero-order chi connectivity index (χ0) is 8.32. The minimum Gasteiger partial charge on any atom is -0.293 e. The largest absolute Gasteiger partial charge is 0.293 e. The molecule has 0 aliphatic carbocycles. The first kappa shape index (κ1) is 8.29. The van der Waals surface area contributed by atoms with Crippen molar-refractivity contribution in [1.29, 1.82) is 5.26 Å². The molecular formula is C9H14N2. The van der Waals surface area contributed by atoms with Crippen LogP contribution in [0.25, 0.3) is 0 Å². The van der Waals surface area contributed by atoms with Crippen molar-refractivity contribution < 1.29 is 0 Å². The van der Waals surface area contributed by atoms with E-state index in [1.165, 1.54) is 6.42 Å². The Labute approximate surface area is 68.1 Å². The predicted molar refractivity (Wildman–Crippen MR) is 45.0 cm³/mol. The fourth-order valence-electron chi connectivity index (χ4n) is 1.41. The van der Waals surface area contributed by atoms with Crippen molar-refractivity contribution >= 4 is 0 Å². The van der Waals surface area contributed by atoms with E-state index in [0.717, 1.165) is 13.1 Å². The summed E-state index contributed by atoms with van der Waals surface area (Å²) in [4.78, 5) is 2.29. The minimum atomic E-state index is 0.177. The van der Waals surface area contributed by atoms with Crippen LogP contribution >= 0.6 is 0 Å². The monoisotopic (exact) mass is 150 g/mol. The van der Waals surface area contributed by atoms with Gasteiger partial charge in [0.15, 0.2) is 0 Å². The third-order valence-electron chi connectivity index (χ3n) is 2.54. The zero-order valence-corrected chi connectivity index (χ0v) is 7.01. The summed E-state index contributed by atoms with van der Waals surface area (Å²) >= 11 is 0. The Morgan fingerprint density at radius 3 is 2.91 bits per heavy atom. The molecule has 2 heteroatoms. The van der Waals surface area contributed by atoms with Crippen molar-refractivity contribution in [3.05, 3.63) is 12.7 Å². The third-order valence-corrected chi connectivity index (χ3v) is 2.54. The van der Waals surface area contributed by atoms with Gasteiger partial charge in [0.1, 0.15) is 0 Å². The molecule has 1 aliphatic heterocycles. The van der Waals surface area contributed by atoms with Crippen molar-refractivity contribution in [1.82, 2.24) is 4.90 Å². The predicted octanol–water partition coefficient (Wildman–Crippen LogP) is 1.55. The average molecular weight is 150 g/mol. The molecule has 1 unspecified atom stereocenters. The van der Waals surface area contributed by atoms with Crippen LogP contribution in [0.3, 0.4) is 0 Å². The normalized spacial score (nSPS) is 30.5. The molecule has 1 aliphatic rings. The van der Waals surface area contributed by atoms with E-state index in [4.69, 9.17) is 5.26 Å². The van der Waals surface area contributed by atoms with Crippen molar-refractivity contribution in [2.24, 2.45) is 0 Å². The van der Waals surface area contributed by atoms with Crippen LogP contribution in [-0.2, 0) is 0 Å². The second kappa shape index (κ2) is 3.06. The molecule has 0 aromatic carbocycles. The lowest BCUT2D eigenvalue weighted by atomic mass is 9.87. The van der Waals surface area contributed by atoms with E-state index in [0.29, 0.717) is 6.42 Å². The minimum absolute atomic E-state index is 0.177. The topological polar surface area (TPSA) is 27.0 Å². The molecule has 1 fully saturated rings. The highest BCUT2D eigenvalue weighted by atomic mass is 15.2. The highest BCUT2D eigenvalue weighted by molar-refractivity contribution is 5.08. The van der Waals surface area contributed by atoms with Gasteiger partial charge in [0.05, 0.1) is 6.07 Å². The van der Waals surface area contributed by atoms with Crippen LogP contribution in [0.15, 0.2) is 12.7 Å². The Morgan fingerprint density at radius 2 is 2.55 bits per heavy atom. The van der Waals surface area contributed by atoms with Gasteiger partial charge in [-0.1, -0.05) is 6.08 Å². The summed E-state index contributed by atoms with van der Waals surface area (Å²) in [7, 11) is 0. The van der Waals surface area contributed by atoms with Gasteiger partial charge in [-0.2, -0.15) is 5.26 Å². The Kier molecular flexibility index (Phi) is 2.31. The fourth-order valence-corrected chi connectivity index (χ4v) is 1.41. The summed E-state index contributed by atoms with van der Waals surface area (Å²) in [6.07, 6.45) is 3.79. The molecule has 2 nitrogen and oxygen atoms in total. The first-order valence-electron chi connectivity index (χ1n) is 3.98. The number of nitrogens with zero attached hydrogens (tertiary/aromatic N) is 2. The highest BCUT2D eigenvalue weighted by Gasteiger charge is 2.36. The maximum absolute atomic E-state index is 8.38. The van der Waals surface area contributed by atoms with Crippen LogP contribution in [0.2, 0.25) is 0 Å². The smallest absolute Gasteiger partial charge is 0.0635 e. The maximum Gasteiger partial charge on any atom is 0.0635 e. The molecule has 0 aromatic heterocycles. The Morgan fingerprint density at radius 1 is 1.82 bits per heavy atom. The fraction of sp³-hybridized carbons (Fsp3) is 0.667. The lowest BCUT2D eigenvalue weighted by molar-refractivity contribution is 0.0432. The number of nitriles is 1. The van der Waals surface area contributed by atoms with E-state index >= 15 is 0 Å². The van der Waals surface area contributed by atoms with Crippen LogP contribution in [0.4, 0.5) is 0 Å². The van der Waals surface area contributed by atoms with E-state index in [9.17, 15) is 0 Å². The molecule has 1 rings (SSSR count). The lowest BCUT2D eigenvalue weighted by Crippen LogP contribution is -2.56. The summed E-state index contributed by atoms with van der Waals surface area (Å²) in [5.41, 5.74) is 0.177. The Bertz CT molecular complexity index is 192. The van der Waals surface area contributed by atoms with Gasteiger partial charge in [-0.3, -0.25) is 4.90 Å². The number of rotatable bonds is 3. The number of likely N-dealkylation sites (tertiary alicyclic amines) is 1. The molecule has 1 atom stereocenters. The number of hydrogen-bond acceptors (Lipinski definition) is 2. The van der Waals surface area contributed by atoms with Crippen LogP contribution in [0, 0.1) is 11.3 Å². The van der Waals surface area contributed by atoms with Crippen molar-refractivity contribution in [3.63, 3.8) is 0 Å². The summed E-state index contributed by atoms with van der Waals surface area (Å²) in [5, 5.41) is 8.38. The van der Waals surface area contributed by atoms with Gasteiger partial charge in [0.2, 0.25) is 0 Å². The molecule has 0 aromatic rings. The summed E-state index contributed by atoms with van der Waals surface area (Å²) in [5.74, 6) is 0. The van der Waals surface area contributed by atoms with Crippen molar-refractivity contribution in [3.8, 4) is 6.07 Å². The second-order valence-corrected chi connectivity index (χ2v) is 3.21. The second-order valence-electron chi connectivity index (χ2n) is 3.21. The molecule has 11 heavy (non-hydrogen) atoms. The Balaban J connectivity index is 2.38. The van der Waals surface area contributed by atoms with Gasteiger partial charge in [0, 0.05) is 25.0 Å². The van der Waals surface area contributed by atoms with Crippen LogP contribution in [0.1, 0.15) is 19.8 Å². The maximum atomic E-state index is 8.38. The molecule has 0 radical (unpaired) electrons. The molecule has 0 amide bonds. The van der Waals surface area contributed by atoms with Crippen molar-refractivity contribution in [2.45, 2.75) is 25.3 Å². The van der Waals surface area contributed by atoms with Gasteiger partial charge in [0.25, 0.3) is 0 Å². The van der Waals surface area contributed by atoms with Crippen LogP contribution in [0.5, 0.6) is 0 Å². The summed E-state index contributed by atoms with van der Waals surface area (Å²) in [6, 6.07) is 2.15. The van der Waals surface area contributed by atoms with E-state index < -0.39 is 0 Å². The first-order chi connectivity index (χ1) is 5.23. The molecule has 0 saturated carbocycles. The molecular weight excluding hydrogens is 136 g/mol. The highest BCUT2D eigenvalue weighted by Crippen LogP contribution is 2.30. The van der Waals surface area contributed by atoms with E-state index in [1.54, 1.807) is 0 Å². The lowest BCUT2D eigenvalue weighted by Gasteiger charge is -2.48. The van der Waals surface area contributed by atoms with Gasteiger partial charge in [-0.05, 0) is 13.3 Å². The van der Waals surface area contributed by atoms with Gasteiger partial charge >= 0.3 is 0 Å². The molecule has 0 spiro atoms. The first-order valence-corrected chi connectivity index (χ1v) is 3.98. The number of hydrogen-bond donors (Lipinski definition) is 0. The quantitative estimate of drug-likeness (QED) is 0.571. The molecule has 60 valence electrons. The third kappa shape index (κ3) is 1.44. The average Bonchev–Trinajstić information content (AvgIpc) is 2.02. The standard InChI is InChI=1S/C9H14N2/c1-3-9(2)5-8-11(9)7-4-6-10/h3H,1,4-5,7-8H2,2H3.